The van der Waals surface area contributed by atoms with Crippen molar-refractivity contribution in [1.82, 2.24) is 10.2 Å². The van der Waals surface area contributed by atoms with Gasteiger partial charge in [-0.05, 0) is 12.1 Å². The zero-order valence-electron chi connectivity index (χ0n) is 10.1. The van der Waals surface area contributed by atoms with Crippen LogP contribution in [-0.4, -0.2) is 37.5 Å². The predicted octanol–water partition coefficient (Wildman–Crippen LogP) is 1.29. The minimum Gasteiger partial charge on any atom is -0.349 e. The van der Waals surface area contributed by atoms with Crippen molar-refractivity contribution in [3.8, 4) is 0 Å². The lowest BCUT2D eigenvalue weighted by Gasteiger charge is -2.11. The minimum absolute atomic E-state index is 0.00925. The van der Waals surface area contributed by atoms with Crippen LogP contribution in [0.25, 0.3) is 0 Å². The van der Waals surface area contributed by atoms with Crippen molar-refractivity contribution < 1.29 is 9.59 Å². The van der Waals surface area contributed by atoms with E-state index in [-0.39, 0.29) is 11.9 Å². The van der Waals surface area contributed by atoms with Gasteiger partial charge in [0.25, 0.3) is 0 Å². The predicted molar refractivity (Wildman–Crippen MR) is 66.8 cm³/mol. The van der Waals surface area contributed by atoms with Crippen molar-refractivity contribution in [1.29, 1.82) is 0 Å². The summed E-state index contributed by atoms with van der Waals surface area (Å²) in [5.74, 6) is -0.00925. The number of carbonyl (C=O) groups is 2. The third kappa shape index (κ3) is 5.01. The van der Waals surface area contributed by atoms with Gasteiger partial charge >= 0.3 is 6.03 Å². The summed E-state index contributed by atoms with van der Waals surface area (Å²) < 4.78 is 0. The monoisotopic (exact) mass is 235 g/mol. The number of rotatable bonds is 4. The highest BCUT2D eigenvalue weighted by molar-refractivity contribution is 5.89. The van der Waals surface area contributed by atoms with Crippen LogP contribution in [-0.2, 0) is 4.79 Å². The van der Waals surface area contributed by atoms with Crippen molar-refractivity contribution in [2.24, 2.45) is 0 Å². The van der Waals surface area contributed by atoms with Crippen LogP contribution in [0.2, 0.25) is 0 Å². The van der Waals surface area contributed by atoms with E-state index in [0.717, 1.165) is 5.69 Å². The molecular formula is C12H17N3O2. The standard InChI is InChI=1S/C12H17N3O2/c1-15(2)11(16)8-9-13-12(17)14-10-6-4-3-5-7-10/h3-7H,8-9H2,1-2H3,(H2,13,14,17). The fourth-order valence-electron chi connectivity index (χ4n) is 1.20. The molecule has 0 aliphatic heterocycles. The van der Waals surface area contributed by atoms with Gasteiger partial charge in [0.1, 0.15) is 0 Å². The van der Waals surface area contributed by atoms with Gasteiger partial charge in [-0.2, -0.15) is 0 Å². The molecule has 3 amide bonds. The fraction of sp³-hybridized carbons (Fsp3) is 0.333. The Bertz CT molecular complexity index is 377. The summed E-state index contributed by atoms with van der Waals surface area (Å²) in [6, 6.07) is 8.84. The molecule has 0 heterocycles. The van der Waals surface area contributed by atoms with Crippen molar-refractivity contribution in [3.63, 3.8) is 0 Å². The summed E-state index contributed by atoms with van der Waals surface area (Å²) in [5, 5.41) is 5.29. The molecule has 1 aromatic rings. The highest BCUT2D eigenvalue weighted by Crippen LogP contribution is 2.03. The number of anilines is 1. The van der Waals surface area contributed by atoms with E-state index >= 15 is 0 Å². The Balaban J connectivity index is 2.25. The Morgan fingerprint density at radius 1 is 1.18 bits per heavy atom. The van der Waals surface area contributed by atoms with E-state index in [1.165, 1.54) is 4.90 Å². The van der Waals surface area contributed by atoms with E-state index in [4.69, 9.17) is 0 Å². The SMILES string of the molecule is CN(C)C(=O)CCNC(=O)Nc1ccccc1. The lowest BCUT2D eigenvalue weighted by atomic mass is 10.3. The Morgan fingerprint density at radius 3 is 2.41 bits per heavy atom. The van der Waals surface area contributed by atoms with E-state index in [9.17, 15) is 9.59 Å². The second kappa shape index (κ2) is 6.52. The first-order valence-electron chi connectivity index (χ1n) is 5.39. The van der Waals surface area contributed by atoms with Crippen LogP contribution in [0.5, 0.6) is 0 Å². The van der Waals surface area contributed by atoms with Crippen LogP contribution < -0.4 is 10.6 Å². The number of nitrogens with zero attached hydrogens (tertiary/aromatic N) is 1. The second-order valence-corrected chi connectivity index (χ2v) is 3.79. The van der Waals surface area contributed by atoms with Gasteiger partial charge in [-0.15, -0.1) is 0 Å². The number of para-hydroxylation sites is 1. The molecule has 0 fully saturated rings. The molecule has 0 bridgehead atoms. The average Bonchev–Trinajstić information content (AvgIpc) is 2.30. The molecule has 0 unspecified atom stereocenters. The van der Waals surface area contributed by atoms with E-state index in [0.29, 0.717) is 13.0 Å². The number of urea groups is 1. The minimum atomic E-state index is -0.303. The lowest BCUT2D eigenvalue weighted by Crippen LogP contribution is -2.33. The third-order valence-corrected chi connectivity index (χ3v) is 2.15. The molecule has 2 N–H and O–H groups in total. The molecule has 0 aliphatic carbocycles. The van der Waals surface area contributed by atoms with Crippen LogP contribution in [0.15, 0.2) is 30.3 Å². The maximum Gasteiger partial charge on any atom is 0.319 e. The summed E-state index contributed by atoms with van der Waals surface area (Å²) in [6.07, 6.45) is 0.301. The third-order valence-electron chi connectivity index (χ3n) is 2.15. The molecule has 0 spiro atoms. The Labute approximate surface area is 101 Å². The largest absolute Gasteiger partial charge is 0.349 e. The molecule has 5 nitrogen and oxygen atoms in total. The molecular weight excluding hydrogens is 218 g/mol. The number of benzene rings is 1. The summed E-state index contributed by atoms with van der Waals surface area (Å²) in [5.41, 5.74) is 0.726. The number of hydrogen-bond donors (Lipinski definition) is 2. The topological polar surface area (TPSA) is 61.4 Å². The van der Waals surface area contributed by atoms with E-state index < -0.39 is 0 Å². The van der Waals surface area contributed by atoms with Gasteiger partial charge in [-0.3, -0.25) is 4.79 Å². The van der Waals surface area contributed by atoms with Gasteiger partial charge in [0.05, 0.1) is 0 Å². The number of hydrogen-bond acceptors (Lipinski definition) is 2. The molecule has 0 saturated heterocycles. The molecule has 0 atom stereocenters. The van der Waals surface area contributed by atoms with Gasteiger partial charge in [0.2, 0.25) is 5.91 Å². The first kappa shape index (κ1) is 13.0. The Hall–Kier alpha value is -2.04. The Kier molecular flexibility index (Phi) is 5.00. The van der Waals surface area contributed by atoms with Crippen LogP contribution >= 0.6 is 0 Å². The summed E-state index contributed by atoms with van der Waals surface area (Å²) in [6.45, 7) is 0.329. The van der Waals surface area contributed by atoms with E-state index in [1.807, 2.05) is 18.2 Å². The van der Waals surface area contributed by atoms with Crippen molar-refractivity contribution in [3.05, 3.63) is 30.3 Å². The highest BCUT2D eigenvalue weighted by Gasteiger charge is 2.05. The van der Waals surface area contributed by atoms with Crippen molar-refractivity contribution in [2.45, 2.75) is 6.42 Å². The summed E-state index contributed by atoms with van der Waals surface area (Å²) in [4.78, 5) is 24.2. The van der Waals surface area contributed by atoms with Gasteiger partial charge in [-0.1, -0.05) is 18.2 Å². The summed E-state index contributed by atoms with van der Waals surface area (Å²) in [7, 11) is 3.37. The molecule has 0 aromatic heterocycles. The van der Waals surface area contributed by atoms with Crippen molar-refractivity contribution >= 4 is 17.6 Å². The van der Waals surface area contributed by atoms with Gasteiger partial charge < -0.3 is 15.5 Å². The smallest absolute Gasteiger partial charge is 0.319 e. The van der Waals surface area contributed by atoms with E-state index in [1.54, 1.807) is 26.2 Å². The van der Waals surface area contributed by atoms with Crippen molar-refractivity contribution in [2.75, 3.05) is 26.0 Å². The molecule has 92 valence electrons. The average molecular weight is 235 g/mol. The fourth-order valence-corrected chi connectivity index (χ4v) is 1.20. The maximum atomic E-state index is 11.4. The molecule has 17 heavy (non-hydrogen) atoms. The molecule has 1 aromatic carbocycles. The Morgan fingerprint density at radius 2 is 1.82 bits per heavy atom. The zero-order chi connectivity index (χ0) is 12.7. The second-order valence-electron chi connectivity index (χ2n) is 3.79. The normalized spacial score (nSPS) is 9.53. The van der Waals surface area contributed by atoms with Gasteiger partial charge in [0, 0.05) is 32.7 Å². The molecule has 0 saturated carbocycles. The van der Waals surface area contributed by atoms with Gasteiger partial charge in [0.15, 0.2) is 0 Å². The molecule has 0 radical (unpaired) electrons. The number of nitrogens with one attached hydrogen (secondary N) is 2. The molecule has 1 rings (SSSR count). The van der Waals surface area contributed by atoms with Crippen LogP contribution in [0.3, 0.4) is 0 Å². The van der Waals surface area contributed by atoms with Crippen LogP contribution in [0, 0.1) is 0 Å². The summed E-state index contributed by atoms with van der Waals surface area (Å²) >= 11 is 0. The number of carbonyl (C=O) groups excluding carboxylic acids is 2. The molecule has 5 heteroatoms. The highest BCUT2D eigenvalue weighted by atomic mass is 16.2. The quantitative estimate of drug-likeness (QED) is 0.826. The van der Waals surface area contributed by atoms with Crippen LogP contribution in [0.4, 0.5) is 10.5 Å². The van der Waals surface area contributed by atoms with Gasteiger partial charge in [-0.25, -0.2) is 4.79 Å². The molecule has 0 aliphatic rings. The maximum absolute atomic E-state index is 11.4. The van der Waals surface area contributed by atoms with Crippen LogP contribution in [0.1, 0.15) is 6.42 Å². The zero-order valence-corrected chi connectivity index (χ0v) is 10.1. The first-order valence-corrected chi connectivity index (χ1v) is 5.39. The van der Waals surface area contributed by atoms with E-state index in [2.05, 4.69) is 10.6 Å². The lowest BCUT2D eigenvalue weighted by molar-refractivity contribution is -0.128. The number of amides is 3. The first-order chi connectivity index (χ1) is 8.09.